The molecule has 5 heteroatoms. The van der Waals surface area contributed by atoms with Crippen LogP contribution in [0.2, 0.25) is 0 Å². The molecule has 1 fully saturated rings. The Morgan fingerprint density at radius 3 is 2.83 bits per heavy atom. The van der Waals surface area contributed by atoms with Crippen molar-refractivity contribution in [1.29, 1.82) is 5.26 Å². The van der Waals surface area contributed by atoms with E-state index >= 15 is 0 Å². The molecule has 1 aromatic rings. The Kier molecular flexibility index (Phi) is 5.78. The molecule has 0 radical (unpaired) electrons. The van der Waals surface area contributed by atoms with Crippen LogP contribution in [0.25, 0.3) is 0 Å². The number of aryl methyl sites for hydroxylation is 2. The summed E-state index contributed by atoms with van der Waals surface area (Å²) in [6, 6.07) is 4.54. The Bertz CT molecular complexity index is 645. The van der Waals surface area contributed by atoms with Crippen molar-refractivity contribution < 1.29 is 4.79 Å². The smallest absolute Gasteiger partial charge is 0.230 e. The van der Waals surface area contributed by atoms with Crippen LogP contribution in [0.1, 0.15) is 62.3 Å². The van der Waals surface area contributed by atoms with Crippen LogP contribution in [-0.2, 0) is 17.6 Å². The molecule has 128 valence electrons. The first-order chi connectivity index (χ1) is 11.7. The lowest BCUT2D eigenvalue weighted by molar-refractivity contribution is -0.119. The van der Waals surface area contributed by atoms with Gasteiger partial charge in [0.05, 0.1) is 11.3 Å². The summed E-state index contributed by atoms with van der Waals surface area (Å²) in [7, 11) is 0. The van der Waals surface area contributed by atoms with Crippen LogP contribution >= 0.6 is 11.8 Å². The maximum atomic E-state index is 12.2. The first-order valence-electron chi connectivity index (χ1n) is 9.00. The van der Waals surface area contributed by atoms with Gasteiger partial charge in [-0.25, -0.2) is 4.98 Å². The summed E-state index contributed by atoms with van der Waals surface area (Å²) < 4.78 is 0. The molecule has 1 heterocycles. The summed E-state index contributed by atoms with van der Waals surface area (Å²) in [5.74, 6) is 1.18. The van der Waals surface area contributed by atoms with Gasteiger partial charge in [-0.15, -0.1) is 0 Å². The second-order valence-corrected chi connectivity index (χ2v) is 8.04. The number of carbonyl (C=O) groups excluding carboxylic acids is 1. The van der Waals surface area contributed by atoms with Gasteiger partial charge in [0.15, 0.2) is 0 Å². The van der Waals surface area contributed by atoms with Crippen molar-refractivity contribution in [3.63, 3.8) is 0 Å². The van der Waals surface area contributed by atoms with E-state index in [1.54, 1.807) is 0 Å². The van der Waals surface area contributed by atoms with Gasteiger partial charge in [0.25, 0.3) is 0 Å². The third kappa shape index (κ3) is 4.30. The zero-order valence-electron chi connectivity index (χ0n) is 14.3. The van der Waals surface area contributed by atoms with E-state index in [9.17, 15) is 10.1 Å². The fourth-order valence-electron chi connectivity index (χ4n) is 3.61. The molecule has 0 aliphatic heterocycles. The summed E-state index contributed by atoms with van der Waals surface area (Å²) in [4.78, 5) is 16.9. The number of fused-ring (bicyclic) bond motifs is 1. The number of nitrogens with one attached hydrogen (secondary N) is 1. The topological polar surface area (TPSA) is 65.8 Å². The van der Waals surface area contributed by atoms with E-state index < -0.39 is 0 Å². The number of nitriles is 1. The van der Waals surface area contributed by atoms with Crippen molar-refractivity contribution in [2.75, 3.05) is 5.75 Å². The standard InChI is InChI=1S/C19H25N3OS/c1-13-6-8-16(9-7-13)21-18(23)12-24-19-15(11-20)10-14-4-2-3-5-17(14)22-19/h10,13,16H,2-9,12H2,1H3,(H,21,23). The van der Waals surface area contributed by atoms with Crippen molar-refractivity contribution in [1.82, 2.24) is 10.3 Å². The number of hydrogen-bond donors (Lipinski definition) is 1. The van der Waals surface area contributed by atoms with Gasteiger partial charge < -0.3 is 5.32 Å². The molecule has 2 aliphatic carbocycles. The van der Waals surface area contributed by atoms with E-state index in [1.807, 2.05) is 6.07 Å². The Labute approximate surface area is 148 Å². The van der Waals surface area contributed by atoms with Crippen molar-refractivity contribution in [2.24, 2.45) is 5.92 Å². The number of carbonyl (C=O) groups is 1. The molecule has 3 rings (SSSR count). The van der Waals surface area contributed by atoms with E-state index in [-0.39, 0.29) is 5.91 Å². The quantitative estimate of drug-likeness (QED) is 0.848. The molecule has 0 unspecified atom stereocenters. The minimum atomic E-state index is 0.0583. The van der Waals surface area contributed by atoms with Crippen LogP contribution in [0.3, 0.4) is 0 Å². The van der Waals surface area contributed by atoms with Crippen LogP contribution in [0, 0.1) is 17.2 Å². The average molecular weight is 343 g/mol. The summed E-state index contributed by atoms with van der Waals surface area (Å²) in [6.45, 7) is 2.28. The molecule has 24 heavy (non-hydrogen) atoms. The van der Waals surface area contributed by atoms with Crippen LogP contribution in [0.15, 0.2) is 11.1 Å². The third-order valence-corrected chi connectivity index (χ3v) is 6.10. The predicted octanol–water partition coefficient (Wildman–Crippen LogP) is 3.62. The highest BCUT2D eigenvalue weighted by Gasteiger charge is 2.20. The van der Waals surface area contributed by atoms with Crippen LogP contribution < -0.4 is 5.32 Å². The van der Waals surface area contributed by atoms with E-state index in [0.717, 1.165) is 43.7 Å². The van der Waals surface area contributed by atoms with Gasteiger partial charge in [-0.3, -0.25) is 4.79 Å². The molecule has 0 saturated heterocycles. The molecule has 0 atom stereocenters. The van der Waals surface area contributed by atoms with Gasteiger partial charge in [-0.05, 0) is 68.9 Å². The molecule has 1 amide bonds. The number of hydrogen-bond acceptors (Lipinski definition) is 4. The lowest BCUT2D eigenvalue weighted by atomic mass is 9.87. The Balaban J connectivity index is 1.58. The second kappa shape index (κ2) is 8.02. The van der Waals surface area contributed by atoms with Gasteiger partial charge in [-0.2, -0.15) is 5.26 Å². The molecule has 4 nitrogen and oxygen atoms in total. The SMILES string of the molecule is CC1CCC(NC(=O)CSc2nc3c(cc2C#N)CCCC3)CC1. The summed E-state index contributed by atoms with van der Waals surface area (Å²) in [5.41, 5.74) is 2.94. The number of amides is 1. The molecule has 0 spiro atoms. The molecule has 2 aliphatic rings. The molecule has 1 saturated carbocycles. The Morgan fingerprint density at radius 2 is 2.08 bits per heavy atom. The maximum Gasteiger partial charge on any atom is 0.230 e. The number of aromatic nitrogens is 1. The number of rotatable bonds is 4. The lowest BCUT2D eigenvalue weighted by Gasteiger charge is -2.26. The summed E-state index contributed by atoms with van der Waals surface area (Å²) >= 11 is 1.40. The number of nitrogens with zero attached hydrogens (tertiary/aromatic N) is 2. The van der Waals surface area contributed by atoms with Crippen LogP contribution in [0.5, 0.6) is 0 Å². The normalized spacial score (nSPS) is 23.2. The molecular formula is C19H25N3OS. The first-order valence-corrected chi connectivity index (χ1v) is 9.99. The molecule has 0 aromatic carbocycles. The Morgan fingerprint density at radius 1 is 1.33 bits per heavy atom. The van der Waals surface area contributed by atoms with Crippen LogP contribution in [0.4, 0.5) is 0 Å². The van der Waals surface area contributed by atoms with E-state index in [1.165, 1.54) is 36.6 Å². The van der Waals surface area contributed by atoms with Gasteiger partial charge in [0, 0.05) is 11.7 Å². The molecule has 1 N–H and O–H groups in total. The zero-order valence-corrected chi connectivity index (χ0v) is 15.1. The highest BCUT2D eigenvalue weighted by molar-refractivity contribution is 8.00. The Hall–Kier alpha value is -1.54. The number of thioether (sulfide) groups is 1. The van der Waals surface area contributed by atoms with E-state index in [0.29, 0.717) is 22.4 Å². The predicted molar refractivity (Wildman–Crippen MR) is 95.9 cm³/mol. The van der Waals surface area contributed by atoms with Crippen molar-refractivity contribution in [3.8, 4) is 6.07 Å². The summed E-state index contributed by atoms with van der Waals surface area (Å²) in [5, 5.41) is 13.2. The molecule has 0 bridgehead atoms. The maximum absolute atomic E-state index is 12.2. The van der Waals surface area contributed by atoms with Crippen molar-refractivity contribution in [3.05, 3.63) is 22.9 Å². The minimum absolute atomic E-state index is 0.0583. The highest BCUT2D eigenvalue weighted by Crippen LogP contribution is 2.27. The molecular weight excluding hydrogens is 318 g/mol. The van der Waals surface area contributed by atoms with Gasteiger partial charge in [0.2, 0.25) is 5.91 Å². The van der Waals surface area contributed by atoms with E-state index in [4.69, 9.17) is 0 Å². The van der Waals surface area contributed by atoms with Gasteiger partial charge >= 0.3 is 0 Å². The van der Waals surface area contributed by atoms with Crippen LogP contribution in [-0.4, -0.2) is 22.7 Å². The monoisotopic (exact) mass is 343 g/mol. The minimum Gasteiger partial charge on any atom is -0.353 e. The fourth-order valence-corrected chi connectivity index (χ4v) is 4.40. The van der Waals surface area contributed by atoms with E-state index in [2.05, 4.69) is 23.3 Å². The third-order valence-electron chi connectivity index (χ3n) is 5.11. The second-order valence-electron chi connectivity index (χ2n) is 7.08. The lowest BCUT2D eigenvalue weighted by Crippen LogP contribution is -2.38. The number of pyridine rings is 1. The first kappa shape index (κ1) is 17.3. The van der Waals surface area contributed by atoms with Crippen molar-refractivity contribution >= 4 is 17.7 Å². The largest absolute Gasteiger partial charge is 0.353 e. The fraction of sp³-hybridized carbons (Fsp3) is 0.632. The van der Waals surface area contributed by atoms with Gasteiger partial charge in [-0.1, -0.05) is 18.7 Å². The zero-order chi connectivity index (χ0) is 16.9. The molecule has 1 aromatic heterocycles. The average Bonchev–Trinajstić information content (AvgIpc) is 2.61. The highest BCUT2D eigenvalue weighted by atomic mass is 32.2. The van der Waals surface area contributed by atoms with Gasteiger partial charge in [0.1, 0.15) is 11.1 Å². The van der Waals surface area contributed by atoms with Crippen molar-refractivity contribution in [2.45, 2.75) is 69.4 Å². The summed E-state index contributed by atoms with van der Waals surface area (Å²) in [6.07, 6.45) is 8.90.